The van der Waals surface area contributed by atoms with Crippen LogP contribution < -0.4 is 5.32 Å². The van der Waals surface area contributed by atoms with Crippen LogP contribution in [0.3, 0.4) is 0 Å². The van der Waals surface area contributed by atoms with E-state index in [4.69, 9.17) is 0 Å². The Kier molecular flexibility index (Phi) is 2.92. The van der Waals surface area contributed by atoms with E-state index in [9.17, 15) is 0 Å². The van der Waals surface area contributed by atoms with E-state index in [1.807, 2.05) is 23.3 Å². The topological polar surface area (TPSA) is 58.5 Å². The fraction of sp³-hybridized carbons (Fsp3) is 0.333. The van der Waals surface area contributed by atoms with Gasteiger partial charge < -0.3 is 14.9 Å². The van der Waals surface area contributed by atoms with Gasteiger partial charge in [0.25, 0.3) is 0 Å². The van der Waals surface area contributed by atoms with Gasteiger partial charge in [0.05, 0.1) is 12.9 Å². The van der Waals surface area contributed by atoms with E-state index in [0.29, 0.717) is 0 Å². The lowest BCUT2D eigenvalue weighted by Crippen LogP contribution is -2.19. The van der Waals surface area contributed by atoms with Crippen molar-refractivity contribution < 1.29 is 0 Å². The molecule has 2 rings (SSSR count). The van der Waals surface area contributed by atoms with Crippen LogP contribution in [-0.2, 0) is 13.1 Å². The summed E-state index contributed by atoms with van der Waals surface area (Å²) in [6.45, 7) is 2.62. The number of hydrogen-bond acceptors (Lipinski definition) is 3. The second-order valence-corrected chi connectivity index (χ2v) is 3.01. The summed E-state index contributed by atoms with van der Waals surface area (Å²) in [6, 6.07) is 0. The standard InChI is InChI=1S/C9H13N5/c1-2-13-9(12-1)7-10-3-5-14-6-4-11-8-14/h1-2,4,6,8,10H,3,5,7H2,(H,12,13). The predicted molar refractivity (Wildman–Crippen MR) is 52.5 cm³/mol. The highest BCUT2D eigenvalue weighted by molar-refractivity contribution is 4.85. The van der Waals surface area contributed by atoms with Gasteiger partial charge in [-0.25, -0.2) is 9.97 Å². The van der Waals surface area contributed by atoms with Crippen LogP contribution >= 0.6 is 0 Å². The van der Waals surface area contributed by atoms with Gasteiger partial charge in [-0.3, -0.25) is 0 Å². The van der Waals surface area contributed by atoms with Gasteiger partial charge in [0.15, 0.2) is 0 Å². The Balaban J connectivity index is 1.65. The molecular formula is C9H13N5. The molecule has 5 heteroatoms. The van der Waals surface area contributed by atoms with E-state index < -0.39 is 0 Å². The quantitative estimate of drug-likeness (QED) is 0.672. The van der Waals surface area contributed by atoms with Crippen molar-refractivity contribution in [3.63, 3.8) is 0 Å². The van der Waals surface area contributed by atoms with Crippen LogP contribution in [0.2, 0.25) is 0 Å². The molecule has 0 saturated carbocycles. The van der Waals surface area contributed by atoms with Gasteiger partial charge in [0.2, 0.25) is 0 Å². The Labute approximate surface area is 82.2 Å². The monoisotopic (exact) mass is 191 g/mol. The van der Waals surface area contributed by atoms with Crippen LogP contribution in [0.5, 0.6) is 0 Å². The maximum absolute atomic E-state index is 4.11. The summed E-state index contributed by atoms with van der Waals surface area (Å²) in [4.78, 5) is 11.1. The van der Waals surface area contributed by atoms with Gasteiger partial charge in [-0.1, -0.05) is 0 Å². The fourth-order valence-corrected chi connectivity index (χ4v) is 1.23. The first-order valence-corrected chi connectivity index (χ1v) is 4.60. The first kappa shape index (κ1) is 8.96. The predicted octanol–water partition coefficient (Wildman–Crippen LogP) is 0.396. The third-order valence-electron chi connectivity index (χ3n) is 1.95. The average molecular weight is 191 g/mol. The zero-order valence-corrected chi connectivity index (χ0v) is 7.85. The Morgan fingerprint density at radius 3 is 3.14 bits per heavy atom. The van der Waals surface area contributed by atoms with Crippen molar-refractivity contribution in [1.82, 2.24) is 24.8 Å². The smallest absolute Gasteiger partial charge is 0.120 e. The highest BCUT2D eigenvalue weighted by Crippen LogP contribution is 1.87. The molecule has 0 atom stereocenters. The number of nitrogens with zero attached hydrogens (tertiary/aromatic N) is 3. The maximum Gasteiger partial charge on any atom is 0.120 e. The van der Waals surface area contributed by atoms with Gasteiger partial charge >= 0.3 is 0 Å². The van der Waals surface area contributed by atoms with E-state index in [2.05, 4.69) is 20.3 Å². The summed E-state index contributed by atoms with van der Waals surface area (Å²) in [5, 5.41) is 3.28. The second kappa shape index (κ2) is 4.57. The fourth-order valence-electron chi connectivity index (χ4n) is 1.23. The second-order valence-electron chi connectivity index (χ2n) is 3.01. The van der Waals surface area contributed by atoms with Gasteiger partial charge in [-0.2, -0.15) is 0 Å². The molecule has 0 aliphatic carbocycles. The van der Waals surface area contributed by atoms with Crippen molar-refractivity contribution in [2.75, 3.05) is 6.54 Å². The van der Waals surface area contributed by atoms with Crippen LogP contribution in [0.1, 0.15) is 5.82 Å². The molecule has 0 radical (unpaired) electrons. The lowest BCUT2D eigenvalue weighted by Gasteiger charge is -2.03. The van der Waals surface area contributed by atoms with Crippen LogP contribution in [0.4, 0.5) is 0 Å². The molecule has 74 valence electrons. The van der Waals surface area contributed by atoms with E-state index in [1.165, 1.54) is 0 Å². The Bertz CT molecular complexity index is 301. The lowest BCUT2D eigenvalue weighted by atomic mass is 10.5. The molecule has 0 fully saturated rings. The number of aromatic amines is 1. The number of H-pyrrole nitrogens is 1. The number of imidazole rings is 2. The van der Waals surface area contributed by atoms with E-state index in [0.717, 1.165) is 25.5 Å². The van der Waals surface area contributed by atoms with E-state index >= 15 is 0 Å². The van der Waals surface area contributed by atoms with Gasteiger partial charge in [-0.15, -0.1) is 0 Å². The van der Waals surface area contributed by atoms with Crippen molar-refractivity contribution >= 4 is 0 Å². The molecule has 0 bridgehead atoms. The zero-order chi connectivity index (χ0) is 9.64. The molecule has 0 aliphatic heterocycles. The minimum absolute atomic E-state index is 0.779. The first-order valence-electron chi connectivity index (χ1n) is 4.60. The maximum atomic E-state index is 4.11. The molecule has 2 aromatic heterocycles. The molecular weight excluding hydrogens is 178 g/mol. The molecule has 2 N–H and O–H groups in total. The summed E-state index contributed by atoms with van der Waals surface area (Å²) in [6.07, 6.45) is 9.13. The molecule has 2 heterocycles. The first-order chi connectivity index (χ1) is 6.95. The Morgan fingerprint density at radius 1 is 1.43 bits per heavy atom. The molecule has 0 unspecified atom stereocenters. The van der Waals surface area contributed by atoms with Crippen molar-refractivity contribution in [2.24, 2.45) is 0 Å². The lowest BCUT2D eigenvalue weighted by molar-refractivity contribution is 0.587. The summed E-state index contributed by atoms with van der Waals surface area (Å²) < 4.78 is 2.04. The molecule has 5 nitrogen and oxygen atoms in total. The van der Waals surface area contributed by atoms with Crippen LogP contribution in [0.25, 0.3) is 0 Å². The van der Waals surface area contributed by atoms with Crippen LogP contribution in [0.15, 0.2) is 31.1 Å². The normalized spacial score (nSPS) is 10.6. The van der Waals surface area contributed by atoms with Crippen molar-refractivity contribution in [3.8, 4) is 0 Å². The summed E-state index contributed by atoms with van der Waals surface area (Å²) in [5.74, 6) is 0.968. The molecule has 2 aromatic rings. The van der Waals surface area contributed by atoms with Gasteiger partial charge in [-0.05, 0) is 0 Å². The highest BCUT2D eigenvalue weighted by Gasteiger charge is 1.93. The molecule has 14 heavy (non-hydrogen) atoms. The molecule has 0 spiro atoms. The average Bonchev–Trinajstić information content (AvgIpc) is 2.86. The van der Waals surface area contributed by atoms with Gasteiger partial charge in [0.1, 0.15) is 5.82 Å². The number of aromatic nitrogens is 4. The Hall–Kier alpha value is -1.62. The summed E-state index contributed by atoms with van der Waals surface area (Å²) >= 11 is 0. The summed E-state index contributed by atoms with van der Waals surface area (Å²) in [7, 11) is 0. The van der Waals surface area contributed by atoms with Gasteiger partial charge in [0, 0.05) is 37.9 Å². The third kappa shape index (κ3) is 2.43. The summed E-state index contributed by atoms with van der Waals surface area (Å²) in [5.41, 5.74) is 0. The van der Waals surface area contributed by atoms with E-state index in [1.54, 1.807) is 12.4 Å². The van der Waals surface area contributed by atoms with Crippen LogP contribution in [-0.4, -0.2) is 26.1 Å². The SMILES string of the molecule is c1cn(CCNCc2ncc[nH]2)cn1. The minimum atomic E-state index is 0.779. The molecule has 0 aromatic carbocycles. The van der Waals surface area contributed by atoms with Crippen molar-refractivity contribution in [1.29, 1.82) is 0 Å². The Morgan fingerprint density at radius 2 is 2.43 bits per heavy atom. The number of rotatable bonds is 5. The molecule has 0 saturated heterocycles. The highest BCUT2D eigenvalue weighted by atomic mass is 15.1. The van der Waals surface area contributed by atoms with Crippen molar-refractivity contribution in [2.45, 2.75) is 13.1 Å². The number of hydrogen-bond donors (Lipinski definition) is 2. The molecule has 0 amide bonds. The largest absolute Gasteiger partial charge is 0.348 e. The number of nitrogens with one attached hydrogen (secondary N) is 2. The third-order valence-corrected chi connectivity index (χ3v) is 1.95. The van der Waals surface area contributed by atoms with Crippen molar-refractivity contribution in [3.05, 3.63) is 36.9 Å². The zero-order valence-electron chi connectivity index (χ0n) is 7.85. The van der Waals surface area contributed by atoms with E-state index in [-0.39, 0.29) is 0 Å². The minimum Gasteiger partial charge on any atom is -0.348 e. The molecule has 0 aliphatic rings. The van der Waals surface area contributed by atoms with Crippen LogP contribution in [0, 0.1) is 0 Å².